The van der Waals surface area contributed by atoms with Crippen molar-refractivity contribution in [3.05, 3.63) is 0 Å². The number of nitrogens with zero attached hydrogens (tertiary/aromatic N) is 1. The summed E-state index contributed by atoms with van der Waals surface area (Å²) < 4.78 is 10.6. The minimum Gasteiger partial charge on any atom is -0.409 e. The van der Waals surface area contributed by atoms with Crippen LogP contribution in [0, 0.1) is 0 Å². The summed E-state index contributed by atoms with van der Waals surface area (Å²) in [6.07, 6.45) is 2.51. The third-order valence-corrected chi connectivity index (χ3v) is 2.08. The van der Waals surface area contributed by atoms with Crippen LogP contribution in [0.3, 0.4) is 0 Å². The number of oxime groups is 1. The van der Waals surface area contributed by atoms with Gasteiger partial charge in [0.1, 0.15) is 0 Å². The summed E-state index contributed by atoms with van der Waals surface area (Å²) in [6.45, 7) is 1.10. The highest BCUT2D eigenvalue weighted by Gasteiger charge is 1.93. The molecule has 0 radical (unpaired) electrons. The second-order valence-corrected chi connectivity index (χ2v) is 3.95. The zero-order valence-corrected chi connectivity index (χ0v) is 7.93. The first-order valence-corrected chi connectivity index (χ1v) is 5.36. The number of nitrogens with one attached hydrogen (secondary N) is 1. The molecule has 0 aromatic carbocycles. The van der Waals surface area contributed by atoms with Crippen molar-refractivity contribution < 1.29 is 9.42 Å². The maximum atomic E-state index is 10.6. The van der Waals surface area contributed by atoms with E-state index in [0.29, 0.717) is 12.3 Å². The lowest BCUT2D eigenvalue weighted by Gasteiger charge is -2.01. The molecular weight excluding hydrogens is 178 g/mol. The lowest BCUT2D eigenvalue weighted by Crippen LogP contribution is -2.30. The highest BCUT2D eigenvalue weighted by Crippen LogP contribution is 1.80. The van der Waals surface area contributed by atoms with Crippen LogP contribution < -0.4 is 11.1 Å². The largest absolute Gasteiger partial charge is 0.409 e. The van der Waals surface area contributed by atoms with Crippen LogP contribution in [0.25, 0.3) is 0 Å². The lowest BCUT2D eigenvalue weighted by molar-refractivity contribution is 0.317. The van der Waals surface area contributed by atoms with E-state index in [-0.39, 0.29) is 5.84 Å². The van der Waals surface area contributed by atoms with Gasteiger partial charge in [0.2, 0.25) is 0 Å². The first-order chi connectivity index (χ1) is 5.66. The lowest BCUT2D eigenvalue weighted by atomic mass is 10.4. The Balaban J connectivity index is 3.16. The van der Waals surface area contributed by atoms with E-state index in [4.69, 9.17) is 10.9 Å². The molecule has 0 aliphatic heterocycles. The van der Waals surface area contributed by atoms with Gasteiger partial charge in [0.25, 0.3) is 0 Å². The Morgan fingerprint density at radius 1 is 1.75 bits per heavy atom. The van der Waals surface area contributed by atoms with E-state index >= 15 is 0 Å². The minimum absolute atomic E-state index is 0.160. The minimum atomic E-state index is -0.732. The second-order valence-electron chi connectivity index (χ2n) is 2.40. The number of nitrogens with two attached hydrogens (primary N) is 1. The summed E-state index contributed by atoms with van der Waals surface area (Å²) in [4.78, 5) is 0. The predicted octanol–water partition coefficient (Wildman–Crippen LogP) is -0.909. The van der Waals surface area contributed by atoms with Crippen LogP contribution in [-0.4, -0.2) is 40.3 Å². The van der Waals surface area contributed by atoms with Gasteiger partial charge in [0.15, 0.2) is 5.84 Å². The van der Waals surface area contributed by atoms with E-state index in [9.17, 15) is 4.21 Å². The average Bonchev–Trinajstić information content (AvgIpc) is 2.03. The monoisotopic (exact) mass is 193 g/mol. The third kappa shape index (κ3) is 7.49. The van der Waals surface area contributed by atoms with Crippen molar-refractivity contribution in [1.82, 2.24) is 5.32 Å². The topological polar surface area (TPSA) is 87.7 Å². The first kappa shape index (κ1) is 11.4. The van der Waals surface area contributed by atoms with Crippen LogP contribution in [0.5, 0.6) is 0 Å². The van der Waals surface area contributed by atoms with Gasteiger partial charge in [-0.05, 0) is 13.0 Å². The molecular formula is C6H15N3O2S. The van der Waals surface area contributed by atoms with Crippen LogP contribution >= 0.6 is 0 Å². The van der Waals surface area contributed by atoms with Crippen molar-refractivity contribution in [1.29, 1.82) is 0 Å². The van der Waals surface area contributed by atoms with E-state index in [0.717, 1.165) is 13.0 Å². The van der Waals surface area contributed by atoms with Crippen LogP contribution in [0.2, 0.25) is 0 Å². The van der Waals surface area contributed by atoms with Crippen molar-refractivity contribution >= 4 is 16.6 Å². The molecule has 0 amide bonds. The Morgan fingerprint density at radius 2 is 2.42 bits per heavy atom. The van der Waals surface area contributed by atoms with E-state index in [1.165, 1.54) is 0 Å². The smallest absolute Gasteiger partial charge is 0.153 e. The van der Waals surface area contributed by atoms with E-state index < -0.39 is 10.8 Å². The van der Waals surface area contributed by atoms with Crippen molar-refractivity contribution in [3.63, 3.8) is 0 Å². The maximum Gasteiger partial charge on any atom is 0.153 e. The molecule has 0 saturated carbocycles. The Hall–Kier alpha value is -0.620. The Bertz CT molecular complexity index is 172. The fourth-order valence-electron chi connectivity index (χ4n) is 0.652. The Labute approximate surface area is 74.5 Å². The highest BCUT2D eigenvalue weighted by molar-refractivity contribution is 7.84. The van der Waals surface area contributed by atoms with Crippen molar-refractivity contribution in [2.75, 3.05) is 25.1 Å². The van der Waals surface area contributed by atoms with E-state index in [1.54, 1.807) is 6.26 Å². The van der Waals surface area contributed by atoms with Gasteiger partial charge in [0, 0.05) is 22.8 Å². The molecule has 0 rings (SSSR count). The molecule has 5 nitrogen and oxygen atoms in total. The van der Waals surface area contributed by atoms with Crippen LogP contribution in [0.15, 0.2) is 5.16 Å². The third-order valence-electron chi connectivity index (χ3n) is 1.22. The molecule has 1 unspecified atom stereocenters. The molecule has 0 aromatic rings. The molecule has 0 spiro atoms. The van der Waals surface area contributed by atoms with Crippen LogP contribution in [0.1, 0.15) is 6.42 Å². The number of rotatable bonds is 6. The Kier molecular flexibility index (Phi) is 6.69. The van der Waals surface area contributed by atoms with Gasteiger partial charge in [-0.3, -0.25) is 4.21 Å². The van der Waals surface area contributed by atoms with Crippen molar-refractivity contribution in [2.24, 2.45) is 10.9 Å². The van der Waals surface area contributed by atoms with Gasteiger partial charge in [-0.15, -0.1) is 0 Å². The zero-order chi connectivity index (χ0) is 9.40. The number of hydrogen-bond donors (Lipinski definition) is 3. The normalized spacial score (nSPS) is 14.6. The predicted molar refractivity (Wildman–Crippen MR) is 49.8 cm³/mol. The number of hydrogen-bond acceptors (Lipinski definition) is 4. The first-order valence-electron chi connectivity index (χ1n) is 3.64. The molecule has 6 heteroatoms. The second kappa shape index (κ2) is 7.05. The van der Waals surface area contributed by atoms with Gasteiger partial charge in [-0.2, -0.15) is 0 Å². The molecule has 1 atom stereocenters. The zero-order valence-electron chi connectivity index (χ0n) is 7.12. The summed E-state index contributed by atoms with van der Waals surface area (Å²) in [7, 11) is -0.732. The maximum absolute atomic E-state index is 10.6. The summed E-state index contributed by atoms with van der Waals surface area (Å²) in [5.41, 5.74) is 5.19. The summed E-state index contributed by atoms with van der Waals surface area (Å²) in [5.74, 6) is 0.844. The van der Waals surface area contributed by atoms with Gasteiger partial charge >= 0.3 is 0 Å². The highest BCUT2D eigenvalue weighted by atomic mass is 32.2. The molecule has 0 aromatic heterocycles. The van der Waals surface area contributed by atoms with Gasteiger partial charge < -0.3 is 16.3 Å². The molecule has 12 heavy (non-hydrogen) atoms. The SMILES string of the molecule is CS(=O)CCCNCC(N)=NO. The molecule has 0 aliphatic rings. The molecule has 72 valence electrons. The molecule has 4 N–H and O–H groups in total. The molecule has 0 bridgehead atoms. The standard InChI is InChI=1S/C6H15N3O2S/c1-12(11)4-2-3-8-5-6(7)9-10/h8,10H,2-5H2,1H3,(H2,7,9). The van der Waals surface area contributed by atoms with Gasteiger partial charge in [0.05, 0.1) is 6.54 Å². The average molecular weight is 193 g/mol. The van der Waals surface area contributed by atoms with Gasteiger partial charge in [-0.1, -0.05) is 5.16 Å². The van der Waals surface area contributed by atoms with Crippen LogP contribution in [-0.2, 0) is 10.8 Å². The van der Waals surface area contributed by atoms with Crippen LogP contribution in [0.4, 0.5) is 0 Å². The van der Waals surface area contributed by atoms with Gasteiger partial charge in [-0.25, -0.2) is 0 Å². The van der Waals surface area contributed by atoms with E-state index in [1.807, 2.05) is 0 Å². The molecule has 0 aliphatic carbocycles. The fourth-order valence-corrected chi connectivity index (χ4v) is 1.20. The molecule has 0 fully saturated rings. The van der Waals surface area contributed by atoms with E-state index in [2.05, 4.69) is 10.5 Å². The Morgan fingerprint density at radius 3 is 2.92 bits per heavy atom. The quantitative estimate of drug-likeness (QED) is 0.167. The summed E-state index contributed by atoms with van der Waals surface area (Å²) in [6, 6.07) is 0. The fraction of sp³-hybridized carbons (Fsp3) is 0.833. The van der Waals surface area contributed by atoms with Crippen molar-refractivity contribution in [3.8, 4) is 0 Å². The van der Waals surface area contributed by atoms with Crippen molar-refractivity contribution in [2.45, 2.75) is 6.42 Å². The molecule has 0 heterocycles. The number of amidine groups is 1. The summed E-state index contributed by atoms with van der Waals surface area (Å²) in [5, 5.41) is 13.9. The molecule has 0 saturated heterocycles. The summed E-state index contributed by atoms with van der Waals surface area (Å²) >= 11 is 0.